The van der Waals surface area contributed by atoms with Gasteiger partial charge in [-0.2, -0.15) is 0 Å². The SMILES string of the molecule is C#CCNC(=O)NCC[C@@H]1CCCN(C(=O)OC(C)(C)C)C1. The molecule has 0 spiro atoms. The summed E-state index contributed by atoms with van der Waals surface area (Å²) in [4.78, 5) is 25.2. The predicted molar refractivity (Wildman–Crippen MR) is 85.4 cm³/mol. The van der Waals surface area contributed by atoms with Crippen molar-refractivity contribution in [3.8, 4) is 12.3 Å². The van der Waals surface area contributed by atoms with E-state index in [4.69, 9.17) is 11.2 Å². The number of amides is 3. The molecule has 1 rings (SSSR count). The number of piperidine rings is 1. The molecule has 1 aliphatic rings. The van der Waals surface area contributed by atoms with Crippen molar-refractivity contribution >= 4 is 12.1 Å². The number of terminal acetylenes is 1. The van der Waals surface area contributed by atoms with Gasteiger partial charge in [0.15, 0.2) is 0 Å². The van der Waals surface area contributed by atoms with E-state index >= 15 is 0 Å². The molecule has 2 N–H and O–H groups in total. The lowest BCUT2D eigenvalue weighted by molar-refractivity contribution is 0.0162. The van der Waals surface area contributed by atoms with E-state index in [-0.39, 0.29) is 18.7 Å². The number of hydrogen-bond acceptors (Lipinski definition) is 3. The van der Waals surface area contributed by atoms with Crippen molar-refractivity contribution in [1.82, 2.24) is 15.5 Å². The van der Waals surface area contributed by atoms with Gasteiger partial charge in [-0.15, -0.1) is 6.42 Å². The number of nitrogens with zero attached hydrogens (tertiary/aromatic N) is 1. The molecule has 0 radical (unpaired) electrons. The number of carbonyl (C=O) groups is 2. The van der Waals surface area contributed by atoms with Gasteiger partial charge in [0.2, 0.25) is 0 Å². The second-order valence-corrected chi connectivity index (χ2v) is 6.54. The van der Waals surface area contributed by atoms with Crippen LogP contribution < -0.4 is 10.6 Å². The van der Waals surface area contributed by atoms with Gasteiger partial charge in [-0.3, -0.25) is 0 Å². The Kier molecular flexibility index (Phi) is 7.03. The zero-order chi connectivity index (χ0) is 16.6. The minimum Gasteiger partial charge on any atom is -0.444 e. The van der Waals surface area contributed by atoms with Crippen LogP contribution in [0.3, 0.4) is 0 Å². The molecule has 1 heterocycles. The van der Waals surface area contributed by atoms with Crippen molar-refractivity contribution in [3.63, 3.8) is 0 Å². The molecule has 0 bridgehead atoms. The van der Waals surface area contributed by atoms with Gasteiger partial charge in [0, 0.05) is 19.6 Å². The molecule has 0 saturated carbocycles. The van der Waals surface area contributed by atoms with E-state index in [2.05, 4.69) is 16.6 Å². The van der Waals surface area contributed by atoms with Crippen LogP contribution in [0.5, 0.6) is 0 Å². The number of hydrogen-bond donors (Lipinski definition) is 2. The summed E-state index contributed by atoms with van der Waals surface area (Å²) in [6, 6.07) is -0.252. The highest BCUT2D eigenvalue weighted by atomic mass is 16.6. The van der Waals surface area contributed by atoms with Crippen LogP contribution in [0.2, 0.25) is 0 Å². The lowest BCUT2D eigenvalue weighted by Gasteiger charge is -2.34. The first-order chi connectivity index (χ1) is 10.3. The van der Waals surface area contributed by atoms with Crippen LogP contribution in [0, 0.1) is 18.3 Å². The molecule has 1 aliphatic heterocycles. The molecule has 0 unspecified atom stereocenters. The van der Waals surface area contributed by atoms with Crippen LogP contribution in [-0.4, -0.2) is 48.8 Å². The van der Waals surface area contributed by atoms with E-state index in [9.17, 15) is 9.59 Å². The van der Waals surface area contributed by atoms with Crippen molar-refractivity contribution < 1.29 is 14.3 Å². The van der Waals surface area contributed by atoms with Crippen LogP contribution in [-0.2, 0) is 4.74 Å². The molecule has 6 nitrogen and oxygen atoms in total. The van der Waals surface area contributed by atoms with Gasteiger partial charge in [-0.05, 0) is 46.0 Å². The number of nitrogens with one attached hydrogen (secondary N) is 2. The lowest BCUT2D eigenvalue weighted by Crippen LogP contribution is -2.44. The fourth-order valence-electron chi connectivity index (χ4n) is 2.38. The van der Waals surface area contributed by atoms with E-state index in [1.807, 2.05) is 20.8 Å². The molecular weight excluding hydrogens is 282 g/mol. The van der Waals surface area contributed by atoms with Crippen molar-refractivity contribution in [2.75, 3.05) is 26.2 Å². The largest absolute Gasteiger partial charge is 0.444 e. The highest BCUT2D eigenvalue weighted by Crippen LogP contribution is 2.21. The van der Waals surface area contributed by atoms with Gasteiger partial charge in [0.1, 0.15) is 5.60 Å². The molecule has 1 fully saturated rings. The maximum absolute atomic E-state index is 12.1. The molecule has 0 aromatic carbocycles. The van der Waals surface area contributed by atoms with Crippen molar-refractivity contribution in [2.24, 2.45) is 5.92 Å². The first-order valence-electron chi connectivity index (χ1n) is 7.75. The second-order valence-electron chi connectivity index (χ2n) is 6.54. The zero-order valence-corrected chi connectivity index (χ0v) is 13.8. The van der Waals surface area contributed by atoms with E-state index in [1.165, 1.54) is 0 Å². The average molecular weight is 309 g/mol. The number of likely N-dealkylation sites (tertiary alicyclic amines) is 1. The highest BCUT2D eigenvalue weighted by molar-refractivity contribution is 5.74. The Hall–Kier alpha value is -1.90. The van der Waals surface area contributed by atoms with Gasteiger partial charge >= 0.3 is 12.1 Å². The van der Waals surface area contributed by atoms with Crippen LogP contribution >= 0.6 is 0 Å². The quantitative estimate of drug-likeness (QED) is 0.780. The molecule has 0 aliphatic carbocycles. The number of urea groups is 1. The molecule has 1 atom stereocenters. The van der Waals surface area contributed by atoms with Crippen molar-refractivity contribution in [3.05, 3.63) is 0 Å². The van der Waals surface area contributed by atoms with Crippen LogP contribution in [0.15, 0.2) is 0 Å². The first kappa shape index (κ1) is 18.1. The summed E-state index contributed by atoms with van der Waals surface area (Å²) < 4.78 is 5.40. The molecule has 0 aromatic rings. The van der Waals surface area contributed by atoms with Gasteiger partial charge in [0.25, 0.3) is 0 Å². The summed E-state index contributed by atoms with van der Waals surface area (Å²) in [6.45, 7) is 7.82. The van der Waals surface area contributed by atoms with Gasteiger partial charge in [-0.25, -0.2) is 9.59 Å². The molecule has 124 valence electrons. The second kappa shape index (κ2) is 8.52. The third-order valence-corrected chi connectivity index (χ3v) is 3.36. The first-order valence-corrected chi connectivity index (χ1v) is 7.75. The van der Waals surface area contributed by atoms with Gasteiger partial charge in [0.05, 0.1) is 6.54 Å². The summed E-state index contributed by atoms with van der Waals surface area (Å²) in [7, 11) is 0. The number of carbonyl (C=O) groups excluding carboxylic acids is 2. The molecule has 6 heteroatoms. The van der Waals surface area contributed by atoms with Crippen LogP contribution in [0.4, 0.5) is 9.59 Å². The lowest BCUT2D eigenvalue weighted by atomic mass is 9.95. The Bertz CT molecular complexity index is 423. The summed E-state index contributed by atoms with van der Waals surface area (Å²) in [6.07, 6.45) is 7.68. The zero-order valence-electron chi connectivity index (χ0n) is 13.8. The molecule has 3 amide bonds. The standard InChI is InChI=1S/C16H27N3O3/c1-5-9-17-14(20)18-10-8-13-7-6-11-19(12-13)15(21)22-16(2,3)4/h1,13H,6-12H2,2-4H3,(H2,17,18,20)/t13-/m0/s1. The average Bonchev–Trinajstić information content (AvgIpc) is 2.43. The van der Waals surface area contributed by atoms with Crippen LogP contribution in [0.1, 0.15) is 40.0 Å². The predicted octanol–water partition coefficient (Wildman–Crippen LogP) is 1.96. The Morgan fingerprint density at radius 1 is 1.36 bits per heavy atom. The molecule has 1 saturated heterocycles. The normalized spacial score (nSPS) is 18.3. The molecular formula is C16H27N3O3. The van der Waals surface area contributed by atoms with Crippen LogP contribution in [0.25, 0.3) is 0 Å². The van der Waals surface area contributed by atoms with E-state index in [0.717, 1.165) is 25.8 Å². The smallest absolute Gasteiger partial charge is 0.410 e. The minimum absolute atomic E-state index is 0.224. The van der Waals surface area contributed by atoms with E-state index < -0.39 is 5.60 Å². The summed E-state index contributed by atoms with van der Waals surface area (Å²) >= 11 is 0. The van der Waals surface area contributed by atoms with E-state index in [0.29, 0.717) is 19.0 Å². The monoisotopic (exact) mass is 309 g/mol. The highest BCUT2D eigenvalue weighted by Gasteiger charge is 2.27. The van der Waals surface area contributed by atoms with Gasteiger partial charge in [-0.1, -0.05) is 5.92 Å². The number of ether oxygens (including phenoxy) is 1. The Morgan fingerprint density at radius 3 is 2.73 bits per heavy atom. The van der Waals surface area contributed by atoms with Crippen molar-refractivity contribution in [1.29, 1.82) is 0 Å². The molecule has 22 heavy (non-hydrogen) atoms. The Labute approximate surface area is 133 Å². The summed E-state index contributed by atoms with van der Waals surface area (Å²) in [5, 5.41) is 5.32. The summed E-state index contributed by atoms with van der Waals surface area (Å²) in [5.74, 6) is 2.73. The summed E-state index contributed by atoms with van der Waals surface area (Å²) in [5.41, 5.74) is -0.472. The maximum Gasteiger partial charge on any atom is 0.410 e. The van der Waals surface area contributed by atoms with E-state index in [1.54, 1.807) is 4.90 Å². The molecule has 0 aromatic heterocycles. The third kappa shape index (κ3) is 7.21. The topological polar surface area (TPSA) is 70.7 Å². The van der Waals surface area contributed by atoms with Gasteiger partial charge < -0.3 is 20.3 Å². The fraction of sp³-hybridized carbons (Fsp3) is 0.750. The Balaban J connectivity index is 2.30. The number of rotatable bonds is 4. The fourth-order valence-corrected chi connectivity index (χ4v) is 2.38. The maximum atomic E-state index is 12.1. The minimum atomic E-state index is -0.472. The van der Waals surface area contributed by atoms with Crippen molar-refractivity contribution in [2.45, 2.75) is 45.6 Å². The Morgan fingerprint density at radius 2 is 2.09 bits per heavy atom. The third-order valence-electron chi connectivity index (χ3n) is 3.36.